The third-order valence-electron chi connectivity index (χ3n) is 4.13. The second-order valence-corrected chi connectivity index (χ2v) is 6.02. The van der Waals surface area contributed by atoms with Crippen LogP contribution < -0.4 is 5.32 Å². The van der Waals surface area contributed by atoms with Gasteiger partial charge in [-0.05, 0) is 35.9 Å². The zero-order valence-electron chi connectivity index (χ0n) is 14.3. The first-order chi connectivity index (χ1) is 13.5. The molecule has 3 N–H and O–H groups in total. The number of rotatable bonds is 4. The molecule has 1 amide bonds. The molecule has 0 bridgehead atoms. The number of anilines is 1. The van der Waals surface area contributed by atoms with Crippen molar-refractivity contribution in [3.05, 3.63) is 77.9 Å². The summed E-state index contributed by atoms with van der Waals surface area (Å²) in [7, 11) is 0. The molecular weight excluding hydrogens is 363 g/mol. The maximum absolute atomic E-state index is 13.4. The third kappa shape index (κ3) is 3.30. The molecule has 0 unspecified atom stereocenters. The number of pyridine rings is 1. The second kappa shape index (κ2) is 6.92. The molecule has 8 heteroatoms. The summed E-state index contributed by atoms with van der Waals surface area (Å²) in [6.07, 6.45) is 2.91. The molecule has 0 aliphatic carbocycles. The maximum Gasteiger partial charge on any atom is 0.337 e. The van der Waals surface area contributed by atoms with Gasteiger partial charge in [-0.25, -0.2) is 14.2 Å². The molecule has 0 fully saturated rings. The van der Waals surface area contributed by atoms with Crippen molar-refractivity contribution in [2.45, 2.75) is 0 Å². The number of carbonyl (C=O) groups is 2. The first kappa shape index (κ1) is 17.3. The number of nitrogens with one attached hydrogen (secondary N) is 2. The highest BCUT2D eigenvalue weighted by Crippen LogP contribution is 2.22. The monoisotopic (exact) mass is 376 g/mol. The van der Waals surface area contributed by atoms with E-state index in [1.807, 2.05) is 0 Å². The lowest BCUT2D eigenvalue weighted by Crippen LogP contribution is -2.13. The van der Waals surface area contributed by atoms with Crippen molar-refractivity contribution in [3.63, 3.8) is 0 Å². The summed E-state index contributed by atoms with van der Waals surface area (Å²) in [6.45, 7) is 0. The summed E-state index contributed by atoms with van der Waals surface area (Å²) in [5.74, 6) is -1.86. The van der Waals surface area contributed by atoms with E-state index in [1.165, 1.54) is 30.6 Å². The van der Waals surface area contributed by atoms with Crippen LogP contribution >= 0.6 is 0 Å². The van der Waals surface area contributed by atoms with E-state index in [2.05, 4.69) is 20.3 Å². The zero-order chi connectivity index (χ0) is 19.7. The minimum absolute atomic E-state index is 0.0315. The second-order valence-electron chi connectivity index (χ2n) is 6.02. The van der Waals surface area contributed by atoms with E-state index in [9.17, 15) is 19.1 Å². The number of aromatic carboxylic acids is 1. The van der Waals surface area contributed by atoms with Gasteiger partial charge >= 0.3 is 5.97 Å². The minimum Gasteiger partial charge on any atom is -0.478 e. The molecule has 138 valence electrons. The molecule has 0 spiro atoms. The number of aromatic amines is 1. The number of hydrogen-bond donors (Lipinski definition) is 3. The smallest absolute Gasteiger partial charge is 0.337 e. The van der Waals surface area contributed by atoms with Crippen molar-refractivity contribution in [1.82, 2.24) is 15.0 Å². The van der Waals surface area contributed by atoms with E-state index in [0.717, 1.165) is 0 Å². The van der Waals surface area contributed by atoms with Gasteiger partial charge in [-0.3, -0.25) is 15.1 Å². The molecule has 0 atom stereocenters. The Kier molecular flexibility index (Phi) is 4.29. The van der Waals surface area contributed by atoms with Gasteiger partial charge in [0.2, 0.25) is 5.95 Å². The molecule has 0 saturated carbocycles. The average Bonchev–Trinajstić information content (AvgIpc) is 3.10. The van der Waals surface area contributed by atoms with Crippen molar-refractivity contribution < 1.29 is 19.1 Å². The minimum atomic E-state index is -1.11. The number of benzene rings is 2. The summed E-state index contributed by atoms with van der Waals surface area (Å²) >= 11 is 0. The van der Waals surface area contributed by atoms with Gasteiger partial charge < -0.3 is 10.1 Å². The van der Waals surface area contributed by atoms with Gasteiger partial charge in [-0.15, -0.1) is 0 Å². The van der Waals surface area contributed by atoms with E-state index in [1.54, 1.807) is 30.3 Å². The fourth-order valence-electron chi connectivity index (χ4n) is 2.83. The average molecular weight is 376 g/mol. The molecule has 7 nitrogen and oxygen atoms in total. The predicted octanol–water partition coefficient (Wildman–Crippen LogP) is 3.71. The van der Waals surface area contributed by atoms with Gasteiger partial charge in [0, 0.05) is 18.0 Å². The Morgan fingerprint density at radius 3 is 2.64 bits per heavy atom. The number of aromatic nitrogens is 3. The van der Waals surface area contributed by atoms with Gasteiger partial charge in [0.25, 0.3) is 5.91 Å². The summed E-state index contributed by atoms with van der Waals surface area (Å²) in [6, 6.07) is 12.2. The van der Waals surface area contributed by atoms with Crippen molar-refractivity contribution in [2.24, 2.45) is 0 Å². The van der Waals surface area contributed by atoms with Crippen molar-refractivity contribution in [1.29, 1.82) is 0 Å². The first-order valence-electron chi connectivity index (χ1n) is 8.25. The Hall–Kier alpha value is -4.07. The number of imidazole rings is 1. The van der Waals surface area contributed by atoms with Crippen LogP contribution in [0.4, 0.5) is 10.3 Å². The van der Waals surface area contributed by atoms with Crippen LogP contribution in [0.2, 0.25) is 0 Å². The number of para-hydroxylation sites is 1. The van der Waals surface area contributed by atoms with Crippen LogP contribution in [-0.2, 0) is 0 Å². The number of fused-ring (bicyclic) bond motifs is 1. The molecule has 2 aromatic heterocycles. The number of carboxylic acid groups (broad SMARTS) is 1. The lowest BCUT2D eigenvalue weighted by Gasteiger charge is -2.05. The summed E-state index contributed by atoms with van der Waals surface area (Å²) in [5, 5.41) is 11.8. The standard InChI is InChI=1S/C20H13FN4O3/c21-14-4-1-3-11(8-14)12-7-13(10-22-9-12)18(26)25-20-23-16-6-2-5-15(19(27)28)17(16)24-20/h1-10H,(H,27,28)(H2,23,24,25,26). The molecule has 0 saturated heterocycles. The van der Waals surface area contributed by atoms with E-state index in [0.29, 0.717) is 16.6 Å². The molecule has 28 heavy (non-hydrogen) atoms. The van der Waals surface area contributed by atoms with Crippen molar-refractivity contribution in [3.8, 4) is 11.1 Å². The molecule has 0 aliphatic rings. The largest absolute Gasteiger partial charge is 0.478 e. The van der Waals surface area contributed by atoms with Crippen molar-refractivity contribution in [2.75, 3.05) is 5.32 Å². The highest BCUT2D eigenvalue weighted by atomic mass is 19.1. The lowest BCUT2D eigenvalue weighted by molar-refractivity contribution is 0.0698. The van der Waals surface area contributed by atoms with Crippen LogP contribution in [0, 0.1) is 5.82 Å². The topological polar surface area (TPSA) is 108 Å². The van der Waals surface area contributed by atoms with Crippen LogP contribution in [0.25, 0.3) is 22.2 Å². The van der Waals surface area contributed by atoms with E-state index in [-0.39, 0.29) is 28.4 Å². The van der Waals surface area contributed by atoms with Crippen molar-refractivity contribution >= 4 is 28.9 Å². The third-order valence-corrected chi connectivity index (χ3v) is 4.13. The molecule has 2 heterocycles. The van der Waals surface area contributed by atoms with Crippen LogP contribution in [0.1, 0.15) is 20.7 Å². The molecular formula is C20H13FN4O3. The highest BCUT2D eigenvalue weighted by Gasteiger charge is 2.15. The number of amides is 1. The zero-order valence-corrected chi connectivity index (χ0v) is 14.3. The predicted molar refractivity (Wildman–Crippen MR) is 101 cm³/mol. The van der Waals surface area contributed by atoms with Gasteiger partial charge in [0.15, 0.2) is 0 Å². The van der Waals surface area contributed by atoms with Gasteiger partial charge in [-0.2, -0.15) is 0 Å². The Morgan fingerprint density at radius 1 is 1.04 bits per heavy atom. The number of halogens is 1. The molecule has 2 aromatic carbocycles. The van der Waals surface area contributed by atoms with Gasteiger partial charge in [-0.1, -0.05) is 18.2 Å². The van der Waals surface area contributed by atoms with E-state index < -0.39 is 11.9 Å². The van der Waals surface area contributed by atoms with Crippen LogP contribution in [0.3, 0.4) is 0 Å². The Morgan fingerprint density at radius 2 is 1.86 bits per heavy atom. The Labute approximate surface area is 157 Å². The number of carbonyl (C=O) groups excluding carboxylic acids is 1. The molecule has 4 rings (SSSR count). The summed E-state index contributed by atoms with van der Waals surface area (Å²) < 4.78 is 13.4. The SMILES string of the molecule is O=C(Nc1nc2c(C(=O)O)cccc2[nH]1)c1cncc(-c2cccc(F)c2)c1. The summed E-state index contributed by atoms with van der Waals surface area (Å²) in [5.41, 5.74) is 2.20. The highest BCUT2D eigenvalue weighted by molar-refractivity contribution is 6.06. The summed E-state index contributed by atoms with van der Waals surface area (Å²) in [4.78, 5) is 34.9. The Bertz CT molecular complexity index is 1220. The van der Waals surface area contributed by atoms with Crippen LogP contribution in [0.15, 0.2) is 60.9 Å². The lowest BCUT2D eigenvalue weighted by atomic mass is 10.1. The molecule has 4 aromatic rings. The molecule has 0 radical (unpaired) electrons. The van der Waals surface area contributed by atoms with E-state index >= 15 is 0 Å². The normalized spacial score (nSPS) is 10.8. The van der Waals surface area contributed by atoms with Crippen LogP contribution in [0.5, 0.6) is 0 Å². The number of carboxylic acids is 1. The number of H-pyrrole nitrogens is 1. The quantitative estimate of drug-likeness (QED) is 0.503. The fraction of sp³-hybridized carbons (Fsp3) is 0. The van der Waals surface area contributed by atoms with E-state index in [4.69, 9.17) is 0 Å². The van der Waals surface area contributed by atoms with Gasteiger partial charge in [0.1, 0.15) is 11.3 Å². The van der Waals surface area contributed by atoms with Gasteiger partial charge in [0.05, 0.1) is 16.6 Å². The first-order valence-corrected chi connectivity index (χ1v) is 8.25. The Balaban J connectivity index is 1.62. The van der Waals surface area contributed by atoms with Crippen LogP contribution in [-0.4, -0.2) is 31.9 Å². The fourth-order valence-corrected chi connectivity index (χ4v) is 2.83. The maximum atomic E-state index is 13.4. The molecule has 0 aliphatic heterocycles. The number of nitrogens with zero attached hydrogens (tertiary/aromatic N) is 2. The number of hydrogen-bond acceptors (Lipinski definition) is 4.